The van der Waals surface area contributed by atoms with Gasteiger partial charge in [0.15, 0.2) is 0 Å². The molecule has 1 amide bonds. The summed E-state index contributed by atoms with van der Waals surface area (Å²) in [6, 6.07) is 5.23. The molecule has 1 aromatic rings. The van der Waals surface area contributed by atoms with Crippen LogP contribution in [0, 0.1) is 13.8 Å². The Balaban J connectivity index is 2.20. The topological polar surface area (TPSA) is 66.5 Å². The van der Waals surface area contributed by atoms with Crippen molar-refractivity contribution in [2.45, 2.75) is 39.2 Å². The lowest BCUT2D eigenvalue weighted by Crippen LogP contribution is -2.49. The third-order valence-electron chi connectivity index (χ3n) is 3.83. The van der Waals surface area contributed by atoms with Crippen LogP contribution in [0.3, 0.4) is 0 Å². The van der Waals surface area contributed by atoms with Crippen LogP contribution in [0.1, 0.15) is 30.4 Å². The molecule has 1 aromatic carbocycles. The summed E-state index contributed by atoms with van der Waals surface area (Å²) in [5.74, 6) is -0.242. The molecule has 0 aliphatic carbocycles. The standard InChI is InChI=1S/C15H22N2O3S/c1-11-7-8-12(2)13(10-11)16-15(18)14-6-4-5-9-17(14)21(3,19)20/h7-8,10,14H,4-6,9H2,1-3H3,(H,16,18). The minimum atomic E-state index is -3.36. The molecular weight excluding hydrogens is 288 g/mol. The van der Waals surface area contributed by atoms with Crippen molar-refractivity contribution in [3.8, 4) is 0 Å². The van der Waals surface area contributed by atoms with Gasteiger partial charge in [0.25, 0.3) is 0 Å². The van der Waals surface area contributed by atoms with Crippen molar-refractivity contribution in [3.63, 3.8) is 0 Å². The van der Waals surface area contributed by atoms with E-state index in [2.05, 4.69) is 5.32 Å². The number of amides is 1. The number of carbonyl (C=O) groups is 1. The van der Waals surface area contributed by atoms with Gasteiger partial charge in [0.2, 0.25) is 15.9 Å². The Kier molecular flexibility index (Phi) is 4.68. The van der Waals surface area contributed by atoms with E-state index in [4.69, 9.17) is 0 Å². The van der Waals surface area contributed by atoms with Crippen molar-refractivity contribution in [3.05, 3.63) is 29.3 Å². The summed E-state index contributed by atoms with van der Waals surface area (Å²) in [5, 5.41) is 2.88. The van der Waals surface area contributed by atoms with Gasteiger partial charge in [-0.2, -0.15) is 4.31 Å². The van der Waals surface area contributed by atoms with Crippen LogP contribution >= 0.6 is 0 Å². The highest BCUT2D eigenvalue weighted by Gasteiger charge is 2.34. The van der Waals surface area contributed by atoms with Crippen LogP contribution in [0.25, 0.3) is 0 Å². The van der Waals surface area contributed by atoms with Gasteiger partial charge in [-0.3, -0.25) is 4.79 Å². The number of carbonyl (C=O) groups excluding carboxylic acids is 1. The molecule has 5 nitrogen and oxygen atoms in total. The van der Waals surface area contributed by atoms with Gasteiger partial charge in [-0.25, -0.2) is 8.42 Å². The number of hydrogen-bond acceptors (Lipinski definition) is 3. The molecule has 1 saturated heterocycles. The van der Waals surface area contributed by atoms with Gasteiger partial charge < -0.3 is 5.32 Å². The summed E-state index contributed by atoms with van der Waals surface area (Å²) < 4.78 is 25.0. The van der Waals surface area contributed by atoms with Crippen LogP contribution in [0.4, 0.5) is 5.69 Å². The molecule has 21 heavy (non-hydrogen) atoms. The monoisotopic (exact) mass is 310 g/mol. The molecule has 2 rings (SSSR count). The molecule has 0 saturated carbocycles. The predicted molar refractivity (Wildman–Crippen MR) is 83.7 cm³/mol. The van der Waals surface area contributed by atoms with Gasteiger partial charge in [0, 0.05) is 12.2 Å². The molecule has 0 radical (unpaired) electrons. The molecule has 1 N–H and O–H groups in total. The average Bonchev–Trinajstić information content (AvgIpc) is 2.42. The fourth-order valence-electron chi connectivity index (χ4n) is 2.65. The van der Waals surface area contributed by atoms with Crippen molar-refractivity contribution in [2.75, 3.05) is 18.1 Å². The van der Waals surface area contributed by atoms with Gasteiger partial charge in [0.05, 0.1) is 6.26 Å². The number of rotatable bonds is 3. The number of sulfonamides is 1. The molecule has 1 unspecified atom stereocenters. The van der Waals surface area contributed by atoms with Crippen molar-refractivity contribution >= 4 is 21.6 Å². The third-order valence-corrected chi connectivity index (χ3v) is 5.12. The van der Waals surface area contributed by atoms with E-state index >= 15 is 0 Å². The zero-order chi connectivity index (χ0) is 15.6. The van der Waals surface area contributed by atoms with Crippen LogP contribution in [0.15, 0.2) is 18.2 Å². The van der Waals surface area contributed by atoms with E-state index in [1.165, 1.54) is 4.31 Å². The molecule has 0 spiro atoms. The summed E-state index contributed by atoms with van der Waals surface area (Å²) >= 11 is 0. The first-order valence-corrected chi connectivity index (χ1v) is 8.99. The van der Waals surface area contributed by atoms with Gasteiger partial charge in [-0.15, -0.1) is 0 Å². The first-order chi connectivity index (χ1) is 9.79. The van der Waals surface area contributed by atoms with Gasteiger partial charge in [0.1, 0.15) is 6.04 Å². The van der Waals surface area contributed by atoms with Crippen LogP contribution in [0.5, 0.6) is 0 Å². The normalized spacial score (nSPS) is 20.2. The maximum Gasteiger partial charge on any atom is 0.242 e. The minimum Gasteiger partial charge on any atom is -0.324 e. The van der Waals surface area contributed by atoms with E-state index in [0.717, 1.165) is 35.9 Å². The predicted octanol–water partition coefficient (Wildman–Crippen LogP) is 2.06. The summed E-state index contributed by atoms with van der Waals surface area (Å²) in [7, 11) is -3.36. The van der Waals surface area contributed by atoms with Crippen LogP contribution in [0.2, 0.25) is 0 Å². The quantitative estimate of drug-likeness (QED) is 0.929. The van der Waals surface area contributed by atoms with E-state index in [0.29, 0.717) is 13.0 Å². The zero-order valence-electron chi connectivity index (χ0n) is 12.7. The van der Waals surface area contributed by atoms with Gasteiger partial charge in [-0.1, -0.05) is 18.6 Å². The van der Waals surface area contributed by atoms with Crippen LogP contribution in [-0.2, 0) is 14.8 Å². The van der Waals surface area contributed by atoms with Gasteiger partial charge >= 0.3 is 0 Å². The second-order valence-corrected chi connectivity index (χ2v) is 7.63. The summed E-state index contributed by atoms with van der Waals surface area (Å²) in [5.41, 5.74) is 2.77. The van der Waals surface area contributed by atoms with E-state index < -0.39 is 16.1 Å². The summed E-state index contributed by atoms with van der Waals surface area (Å²) in [6.45, 7) is 4.30. The summed E-state index contributed by atoms with van der Waals surface area (Å²) in [4.78, 5) is 12.5. The first-order valence-electron chi connectivity index (χ1n) is 7.14. The maximum atomic E-state index is 12.5. The average molecular weight is 310 g/mol. The Labute approximate surface area is 126 Å². The third kappa shape index (κ3) is 3.83. The van der Waals surface area contributed by atoms with Crippen molar-refractivity contribution in [2.24, 2.45) is 0 Å². The summed E-state index contributed by atoms with van der Waals surface area (Å²) in [6.07, 6.45) is 3.41. The van der Waals surface area contributed by atoms with E-state index in [-0.39, 0.29) is 5.91 Å². The molecule has 1 atom stereocenters. The van der Waals surface area contributed by atoms with Crippen LogP contribution < -0.4 is 5.32 Å². The highest BCUT2D eigenvalue weighted by molar-refractivity contribution is 7.88. The molecule has 116 valence electrons. The number of nitrogens with zero attached hydrogens (tertiary/aromatic N) is 1. The molecule has 1 aliphatic rings. The van der Waals surface area contributed by atoms with Crippen molar-refractivity contribution < 1.29 is 13.2 Å². The second kappa shape index (κ2) is 6.15. The molecule has 0 bridgehead atoms. The van der Waals surface area contributed by atoms with E-state index in [1.807, 2.05) is 32.0 Å². The fourth-order valence-corrected chi connectivity index (χ4v) is 3.77. The Morgan fingerprint density at radius 3 is 2.67 bits per heavy atom. The molecule has 1 heterocycles. The number of nitrogens with one attached hydrogen (secondary N) is 1. The number of benzene rings is 1. The fraction of sp³-hybridized carbons (Fsp3) is 0.533. The van der Waals surface area contributed by atoms with Crippen LogP contribution in [-0.4, -0.2) is 37.5 Å². The number of piperidine rings is 1. The number of anilines is 1. The second-order valence-electron chi connectivity index (χ2n) is 5.69. The highest BCUT2D eigenvalue weighted by atomic mass is 32.2. The zero-order valence-corrected chi connectivity index (χ0v) is 13.5. The largest absolute Gasteiger partial charge is 0.324 e. The SMILES string of the molecule is Cc1ccc(C)c(NC(=O)C2CCCCN2S(C)(=O)=O)c1. The lowest BCUT2D eigenvalue weighted by molar-refractivity contribution is -0.120. The number of hydrogen-bond donors (Lipinski definition) is 1. The maximum absolute atomic E-state index is 12.5. The molecular formula is C15H22N2O3S. The Morgan fingerprint density at radius 2 is 2.00 bits per heavy atom. The molecule has 1 aliphatic heterocycles. The van der Waals surface area contributed by atoms with Crippen molar-refractivity contribution in [1.29, 1.82) is 0 Å². The Bertz CT molecular complexity index is 640. The smallest absolute Gasteiger partial charge is 0.242 e. The van der Waals surface area contributed by atoms with Gasteiger partial charge in [-0.05, 0) is 43.9 Å². The molecule has 0 aromatic heterocycles. The number of aryl methyl sites for hydroxylation is 2. The molecule has 1 fully saturated rings. The Morgan fingerprint density at radius 1 is 1.29 bits per heavy atom. The lowest BCUT2D eigenvalue weighted by Gasteiger charge is -2.32. The lowest BCUT2D eigenvalue weighted by atomic mass is 10.0. The molecule has 6 heteroatoms. The van der Waals surface area contributed by atoms with E-state index in [9.17, 15) is 13.2 Å². The minimum absolute atomic E-state index is 0.242. The first kappa shape index (κ1) is 16.0. The van der Waals surface area contributed by atoms with E-state index in [1.54, 1.807) is 0 Å². The van der Waals surface area contributed by atoms with Crippen molar-refractivity contribution in [1.82, 2.24) is 4.31 Å². The highest BCUT2D eigenvalue weighted by Crippen LogP contribution is 2.23. The Hall–Kier alpha value is -1.40.